The molecule has 1 amide bonds. The standard InChI is InChI=1S/C20H19NO6S/c1-27-15-7-9-16(10-8-15)28(25,26)21-12-11-17(14-5-3-2-4-6-14)18(20(21)24)13-19(22)23/h2-12,17-18H,13H2,1H3,(H,22,23)/t17-,18-/m0/s1. The van der Waals surface area contributed by atoms with Crippen molar-refractivity contribution < 1.29 is 27.9 Å². The third-order valence-corrected chi connectivity index (χ3v) is 6.28. The molecule has 28 heavy (non-hydrogen) atoms. The summed E-state index contributed by atoms with van der Waals surface area (Å²) in [6.07, 6.45) is 2.29. The minimum absolute atomic E-state index is 0.0847. The molecule has 0 saturated heterocycles. The molecule has 0 bridgehead atoms. The Morgan fingerprint density at radius 1 is 1.11 bits per heavy atom. The first-order chi connectivity index (χ1) is 13.3. The molecule has 8 heteroatoms. The van der Waals surface area contributed by atoms with E-state index in [-0.39, 0.29) is 4.90 Å². The second kappa shape index (κ2) is 7.85. The van der Waals surface area contributed by atoms with Crippen LogP contribution < -0.4 is 4.74 Å². The number of sulfonamides is 1. The second-order valence-electron chi connectivity index (χ2n) is 6.30. The average molecular weight is 401 g/mol. The van der Waals surface area contributed by atoms with Gasteiger partial charge in [0.2, 0.25) is 5.91 Å². The Morgan fingerprint density at radius 3 is 2.32 bits per heavy atom. The van der Waals surface area contributed by atoms with E-state index in [0.29, 0.717) is 10.1 Å². The fourth-order valence-electron chi connectivity index (χ4n) is 3.18. The highest BCUT2D eigenvalue weighted by molar-refractivity contribution is 7.89. The van der Waals surface area contributed by atoms with Gasteiger partial charge in [-0.1, -0.05) is 36.4 Å². The Bertz CT molecular complexity index is 999. The monoisotopic (exact) mass is 401 g/mol. The topological polar surface area (TPSA) is 101 Å². The molecule has 0 aliphatic carbocycles. The minimum atomic E-state index is -4.16. The highest BCUT2D eigenvalue weighted by Gasteiger charge is 2.40. The van der Waals surface area contributed by atoms with E-state index in [1.807, 2.05) is 6.07 Å². The SMILES string of the molecule is COc1ccc(S(=O)(=O)N2C=C[C@@H](c3ccccc3)[C@H](CC(=O)O)C2=O)cc1. The number of allylic oxidation sites excluding steroid dienone is 1. The Labute approximate surface area is 162 Å². The number of carbonyl (C=O) groups excluding carboxylic acids is 1. The van der Waals surface area contributed by atoms with Gasteiger partial charge in [0.05, 0.1) is 24.3 Å². The van der Waals surface area contributed by atoms with Crippen LogP contribution in [-0.2, 0) is 19.6 Å². The van der Waals surface area contributed by atoms with Crippen LogP contribution in [0, 0.1) is 5.92 Å². The Balaban J connectivity index is 2.00. The molecule has 2 aromatic carbocycles. The van der Waals surface area contributed by atoms with E-state index in [9.17, 15) is 23.1 Å². The van der Waals surface area contributed by atoms with Crippen molar-refractivity contribution in [1.82, 2.24) is 4.31 Å². The van der Waals surface area contributed by atoms with Crippen LogP contribution in [0.25, 0.3) is 0 Å². The number of methoxy groups -OCH3 is 1. The zero-order chi connectivity index (χ0) is 20.3. The fourth-order valence-corrected chi connectivity index (χ4v) is 4.49. The van der Waals surface area contributed by atoms with Crippen LogP contribution in [0.5, 0.6) is 5.75 Å². The summed E-state index contributed by atoms with van der Waals surface area (Å²) in [5, 5.41) is 9.25. The lowest BCUT2D eigenvalue weighted by molar-refractivity contribution is -0.142. The van der Waals surface area contributed by atoms with E-state index in [4.69, 9.17) is 4.74 Å². The summed E-state index contributed by atoms with van der Waals surface area (Å²) in [6.45, 7) is 0. The molecule has 0 saturated carbocycles. The molecule has 3 rings (SSSR count). The number of aliphatic carboxylic acids is 1. The molecule has 7 nitrogen and oxygen atoms in total. The van der Waals surface area contributed by atoms with Crippen molar-refractivity contribution in [1.29, 1.82) is 0 Å². The number of amides is 1. The zero-order valence-corrected chi connectivity index (χ0v) is 15.9. The Hall–Kier alpha value is -3.13. The predicted octanol–water partition coefficient (Wildman–Crippen LogP) is 2.61. The van der Waals surface area contributed by atoms with Crippen molar-refractivity contribution in [2.45, 2.75) is 17.2 Å². The number of benzene rings is 2. The first kappa shape index (κ1) is 19.6. The van der Waals surface area contributed by atoms with Gasteiger partial charge in [0.25, 0.3) is 10.0 Å². The predicted molar refractivity (Wildman–Crippen MR) is 101 cm³/mol. The molecule has 0 radical (unpaired) electrons. The number of ether oxygens (including phenoxy) is 1. The summed E-state index contributed by atoms with van der Waals surface area (Å²) in [4.78, 5) is 24.2. The average Bonchev–Trinajstić information content (AvgIpc) is 2.69. The van der Waals surface area contributed by atoms with E-state index in [1.54, 1.807) is 30.3 Å². The summed E-state index contributed by atoms with van der Waals surface area (Å²) in [7, 11) is -2.70. The third-order valence-electron chi connectivity index (χ3n) is 4.59. The van der Waals surface area contributed by atoms with Gasteiger partial charge < -0.3 is 9.84 Å². The van der Waals surface area contributed by atoms with Crippen LogP contribution >= 0.6 is 0 Å². The molecule has 0 unspecified atom stereocenters. The van der Waals surface area contributed by atoms with Gasteiger partial charge in [-0.2, -0.15) is 0 Å². The maximum atomic E-state index is 13.0. The number of carboxylic acids is 1. The van der Waals surface area contributed by atoms with Crippen molar-refractivity contribution in [3.63, 3.8) is 0 Å². The normalized spacial score (nSPS) is 19.5. The van der Waals surface area contributed by atoms with Crippen molar-refractivity contribution in [3.05, 3.63) is 72.4 Å². The lowest BCUT2D eigenvalue weighted by Crippen LogP contribution is -2.42. The van der Waals surface area contributed by atoms with E-state index in [0.717, 1.165) is 5.56 Å². The van der Waals surface area contributed by atoms with Crippen LogP contribution in [0.4, 0.5) is 0 Å². The maximum Gasteiger partial charge on any atom is 0.304 e. The lowest BCUT2D eigenvalue weighted by Gasteiger charge is -2.32. The largest absolute Gasteiger partial charge is 0.497 e. The first-order valence-corrected chi connectivity index (χ1v) is 9.96. The summed E-state index contributed by atoms with van der Waals surface area (Å²) >= 11 is 0. The minimum Gasteiger partial charge on any atom is -0.497 e. The number of nitrogens with zero attached hydrogens (tertiary/aromatic N) is 1. The summed E-state index contributed by atoms with van der Waals surface area (Å²) < 4.78 is 31.5. The van der Waals surface area contributed by atoms with Gasteiger partial charge in [-0.15, -0.1) is 0 Å². The number of hydrogen-bond donors (Lipinski definition) is 1. The molecule has 2 aromatic rings. The van der Waals surface area contributed by atoms with Crippen LogP contribution in [0.2, 0.25) is 0 Å². The lowest BCUT2D eigenvalue weighted by atomic mass is 9.82. The smallest absolute Gasteiger partial charge is 0.304 e. The Morgan fingerprint density at radius 2 is 1.75 bits per heavy atom. The highest BCUT2D eigenvalue weighted by Crippen LogP contribution is 2.36. The Kier molecular flexibility index (Phi) is 5.51. The van der Waals surface area contributed by atoms with E-state index < -0.39 is 40.2 Å². The zero-order valence-electron chi connectivity index (χ0n) is 15.1. The fraction of sp³-hybridized carbons (Fsp3) is 0.200. The van der Waals surface area contributed by atoms with Crippen LogP contribution in [0.1, 0.15) is 17.9 Å². The molecule has 1 heterocycles. The van der Waals surface area contributed by atoms with Crippen molar-refractivity contribution in [2.24, 2.45) is 5.92 Å². The van der Waals surface area contributed by atoms with Gasteiger partial charge in [-0.25, -0.2) is 12.7 Å². The first-order valence-electron chi connectivity index (χ1n) is 8.52. The van der Waals surface area contributed by atoms with E-state index in [2.05, 4.69) is 0 Å². The molecule has 146 valence electrons. The quantitative estimate of drug-likeness (QED) is 0.799. The molecule has 0 fully saturated rings. The van der Waals surface area contributed by atoms with Gasteiger partial charge in [-0.05, 0) is 29.8 Å². The number of rotatable bonds is 6. The molecule has 1 aliphatic heterocycles. The van der Waals surface area contributed by atoms with Crippen LogP contribution in [0.15, 0.2) is 71.8 Å². The van der Waals surface area contributed by atoms with Gasteiger partial charge in [0.15, 0.2) is 0 Å². The number of hydrogen-bond acceptors (Lipinski definition) is 5. The molecule has 1 aliphatic rings. The van der Waals surface area contributed by atoms with E-state index in [1.165, 1.54) is 37.6 Å². The maximum absolute atomic E-state index is 13.0. The summed E-state index contributed by atoms with van der Waals surface area (Å²) in [6, 6.07) is 14.6. The van der Waals surface area contributed by atoms with Crippen molar-refractivity contribution in [3.8, 4) is 5.75 Å². The summed E-state index contributed by atoms with van der Waals surface area (Å²) in [5.41, 5.74) is 0.750. The molecular formula is C20H19NO6S. The number of carboxylic acid groups (broad SMARTS) is 1. The third kappa shape index (κ3) is 3.77. The van der Waals surface area contributed by atoms with Crippen LogP contribution in [-0.4, -0.2) is 36.8 Å². The van der Waals surface area contributed by atoms with Gasteiger partial charge in [-0.3, -0.25) is 9.59 Å². The molecular weight excluding hydrogens is 382 g/mol. The van der Waals surface area contributed by atoms with Gasteiger partial charge in [0, 0.05) is 12.1 Å². The van der Waals surface area contributed by atoms with Gasteiger partial charge >= 0.3 is 5.97 Å². The van der Waals surface area contributed by atoms with Crippen molar-refractivity contribution >= 4 is 21.9 Å². The van der Waals surface area contributed by atoms with E-state index >= 15 is 0 Å². The molecule has 1 N–H and O–H groups in total. The molecule has 0 aromatic heterocycles. The molecule has 2 atom stereocenters. The summed E-state index contributed by atoms with van der Waals surface area (Å²) in [5.74, 6) is -3.01. The molecule has 0 spiro atoms. The second-order valence-corrected chi connectivity index (χ2v) is 8.11. The van der Waals surface area contributed by atoms with Crippen molar-refractivity contribution in [2.75, 3.05) is 7.11 Å². The van der Waals surface area contributed by atoms with Gasteiger partial charge in [0.1, 0.15) is 5.75 Å². The highest BCUT2D eigenvalue weighted by atomic mass is 32.2. The van der Waals surface area contributed by atoms with Crippen LogP contribution in [0.3, 0.4) is 0 Å². The number of carbonyl (C=O) groups is 2.